The topological polar surface area (TPSA) is 21.7 Å². The van der Waals surface area contributed by atoms with E-state index in [9.17, 15) is 0 Å². The predicted octanol–water partition coefficient (Wildman–Crippen LogP) is 7.42. The van der Waals surface area contributed by atoms with E-state index in [-0.39, 0.29) is 0 Å². The van der Waals surface area contributed by atoms with E-state index in [0.29, 0.717) is 0 Å². The van der Waals surface area contributed by atoms with E-state index >= 15 is 0 Å². The second-order valence-electron chi connectivity index (χ2n) is 8.57. The van der Waals surface area contributed by atoms with Crippen LogP contribution in [-0.4, -0.2) is 9.78 Å². The summed E-state index contributed by atoms with van der Waals surface area (Å²) in [5.41, 5.74) is 1.12. The van der Waals surface area contributed by atoms with Gasteiger partial charge in [0.15, 0.2) is 0 Å². The second-order valence-corrected chi connectivity index (χ2v) is 8.57. The highest BCUT2D eigenvalue weighted by Crippen LogP contribution is 2.13. The first-order chi connectivity index (χ1) is 14.4. The van der Waals surface area contributed by atoms with Crippen LogP contribution in [0, 0.1) is 0 Å². The summed E-state index contributed by atoms with van der Waals surface area (Å²) in [6.07, 6.45) is 26.7. The van der Waals surface area contributed by atoms with Crippen molar-refractivity contribution in [1.29, 1.82) is 0 Å². The van der Waals surface area contributed by atoms with Gasteiger partial charge in [0, 0.05) is 5.10 Å². The number of unbranched alkanes of at least 4 members (excludes halogenated alkanes) is 15. The molecule has 3 heteroatoms. The molecule has 0 spiro atoms. The number of hydrogen-bond acceptors (Lipinski definition) is 1. The monoisotopic (exact) mass is 398 g/mol. The van der Waals surface area contributed by atoms with Gasteiger partial charge in [-0.2, -0.15) is 0 Å². The zero-order valence-electron chi connectivity index (χ0n) is 18.9. The van der Waals surface area contributed by atoms with E-state index in [1.54, 1.807) is 0 Å². The van der Waals surface area contributed by atoms with Crippen molar-refractivity contribution in [2.24, 2.45) is 0 Å². The summed E-state index contributed by atoms with van der Waals surface area (Å²) in [6, 6.07) is 10.3. The molecule has 0 unspecified atom stereocenters. The Hall–Kier alpha value is -1.64. The minimum Gasteiger partial charge on any atom is -0.237 e. The normalized spacial score (nSPS) is 11.2. The third kappa shape index (κ3) is 11.2. The van der Waals surface area contributed by atoms with Gasteiger partial charge in [0.05, 0.1) is 6.54 Å². The smallest absolute Gasteiger partial charge is 0.237 e. The Morgan fingerprint density at radius 1 is 0.655 bits per heavy atom. The van der Waals surface area contributed by atoms with E-state index in [1.807, 2.05) is 17.1 Å². The zero-order valence-corrected chi connectivity index (χ0v) is 18.9. The molecule has 0 amide bonds. The number of nitrogens with zero attached hydrogens (tertiary/aromatic N) is 3. The van der Waals surface area contributed by atoms with Crippen LogP contribution in [0.3, 0.4) is 0 Å². The first-order valence-corrected chi connectivity index (χ1v) is 12.4. The molecule has 0 aliphatic carbocycles. The van der Waals surface area contributed by atoms with Gasteiger partial charge in [-0.1, -0.05) is 126 Å². The average molecular weight is 399 g/mol. The molecule has 162 valence electrons. The highest BCUT2D eigenvalue weighted by atomic mass is 15.3. The van der Waals surface area contributed by atoms with Gasteiger partial charge >= 0.3 is 0 Å². The summed E-state index contributed by atoms with van der Waals surface area (Å²) < 4.78 is 4.16. The molecule has 1 aromatic heterocycles. The van der Waals surface area contributed by atoms with Gasteiger partial charge in [0.25, 0.3) is 6.33 Å². The molecule has 0 atom stereocenters. The number of hydrogen-bond donors (Lipinski definition) is 0. The van der Waals surface area contributed by atoms with Crippen LogP contribution in [0.1, 0.15) is 110 Å². The molecule has 0 saturated heterocycles. The van der Waals surface area contributed by atoms with E-state index in [2.05, 4.69) is 47.2 Å². The lowest BCUT2D eigenvalue weighted by atomic mass is 10.0. The largest absolute Gasteiger partial charge is 0.265 e. The van der Waals surface area contributed by atoms with E-state index < -0.39 is 0 Å². The fourth-order valence-electron chi connectivity index (χ4n) is 3.99. The van der Waals surface area contributed by atoms with Gasteiger partial charge < -0.3 is 0 Å². The Morgan fingerprint density at radius 2 is 1.14 bits per heavy atom. The van der Waals surface area contributed by atoms with Gasteiger partial charge in [-0.3, -0.25) is 0 Å². The summed E-state index contributed by atoms with van der Waals surface area (Å²) in [5.74, 6) is 0. The maximum Gasteiger partial charge on any atom is 0.265 e. The Kier molecular flexibility index (Phi) is 13.2. The molecule has 0 bridgehead atoms. The van der Waals surface area contributed by atoms with Crippen molar-refractivity contribution in [3.8, 4) is 5.69 Å². The van der Waals surface area contributed by atoms with Crippen molar-refractivity contribution >= 4 is 0 Å². The number of benzene rings is 1. The zero-order chi connectivity index (χ0) is 20.4. The molecule has 1 aromatic carbocycles. The molecular weight excluding hydrogens is 354 g/mol. The van der Waals surface area contributed by atoms with Crippen LogP contribution >= 0.6 is 0 Å². The molecule has 0 aliphatic heterocycles. The van der Waals surface area contributed by atoms with Crippen molar-refractivity contribution in [1.82, 2.24) is 9.78 Å². The van der Waals surface area contributed by atoms with Crippen LogP contribution in [0.2, 0.25) is 0 Å². The first kappa shape index (κ1) is 23.6. The summed E-state index contributed by atoms with van der Waals surface area (Å²) in [4.78, 5) is 0. The molecule has 3 nitrogen and oxygen atoms in total. The minimum atomic E-state index is 1.07. The average Bonchev–Trinajstić information content (AvgIpc) is 3.23. The summed E-state index contributed by atoms with van der Waals surface area (Å²) in [6.45, 7) is 3.37. The molecule has 1 heterocycles. The number of aromatic nitrogens is 3. The van der Waals surface area contributed by atoms with Gasteiger partial charge in [0.1, 0.15) is 5.69 Å². The molecule has 0 radical (unpaired) electrons. The van der Waals surface area contributed by atoms with Crippen LogP contribution < -0.4 is 4.57 Å². The van der Waals surface area contributed by atoms with E-state index in [0.717, 1.165) is 12.2 Å². The number of para-hydroxylation sites is 1. The molecule has 0 saturated carbocycles. The van der Waals surface area contributed by atoms with Crippen molar-refractivity contribution in [3.05, 3.63) is 43.0 Å². The number of rotatable bonds is 18. The highest BCUT2D eigenvalue weighted by molar-refractivity contribution is 5.28. The maximum absolute atomic E-state index is 4.46. The minimum absolute atomic E-state index is 1.07. The third-order valence-corrected chi connectivity index (χ3v) is 5.87. The van der Waals surface area contributed by atoms with Crippen molar-refractivity contribution < 1.29 is 4.57 Å². The Labute approximate surface area is 179 Å². The lowest BCUT2D eigenvalue weighted by Gasteiger charge is -2.03. The molecule has 2 aromatic rings. The standard InChI is InChI=1S/C26H44N3/c1-2-3-4-5-6-7-8-9-10-11-12-13-14-15-16-20-23-28-24-27-29(25-28)26-21-18-17-19-22-26/h17-19,21-22,24-25H,2-16,20,23H2,1H3/q+1. The maximum atomic E-state index is 4.46. The van der Waals surface area contributed by atoms with E-state index in [1.165, 1.54) is 103 Å². The van der Waals surface area contributed by atoms with Gasteiger partial charge in [0.2, 0.25) is 6.33 Å². The third-order valence-electron chi connectivity index (χ3n) is 5.87. The summed E-state index contributed by atoms with van der Waals surface area (Å²) in [5, 5.41) is 4.46. The molecule has 0 aliphatic rings. The molecular formula is C26H44N3+. The summed E-state index contributed by atoms with van der Waals surface area (Å²) in [7, 11) is 0. The van der Waals surface area contributed by atoms with Crippen LogP contribution in [0.25, 0.3) is 5.69 Å². The fraction of sp³-hybridized carbons (Fsp3) is 0.692. The lowest BCUT2D eigenvalue weighted by Crippen LogP contribution is -2.30. The highest BCUT2D eigenvalue weighted by Gasteiger charge is 2.07. The van der Waals surface area contributed by atoms with Crippen LogP contribution in [-0.2, 0) is 6.54 Å². The quantitative estimate of drug-likeness (QED) is 0.189. The number of aryl methyl sites for hydroxylation is 1. The van der Waals surface area contributed by atoms with Gasteiger partial charge in [-0.05, 0) is 18.6 Å². The SMILES string of the molecule is CCCCCCCCCCCCCCCCCC[n+]1cnn(-c2ccccc2)c1. The molecule has 29 heavy (non-hydrogen) atoms. The predicted molar refractivity (Wildman–Crippen MR) is 123 cm³/mol. The molecule has 2 rings (SSSR count). The summed E-state index contributed by atoms with van der Waals surface area (Å²) >= 11 is 0. The first-order valence-electron chi connectivity index (χ1n) is 12.4. The van der Waals surface area contributed by atoms with E-state index in [4.69, 9.17) is 0 Å². The molecule has 0 N–H and O–H groups in total. The Bertz CT molecular complexity index is 605. The second kappa shape index (κ2) is 16.2. The van der Waals surface area contributed by atoms with Crippen molar-refractivity contribution in [2.45, 2.75) is 116 Å². The Balaban J connectivity index is 1.35. The van der Waals surface area contributed by atoms with Crippen molar-refractivity contribution in [2.75, 3.05) is 0 Å². The van der Waals surface area contributed by atoms with Crippen molar-refractivity contribution in [3.63, 3.8) is 0 Å². The Morgan fingerprint density at radius 3 is 1.66 bits per heavy atom. The van der Waals surface area contributed by atoms with Crippen LogP contribution in [0.5, 0.6) is 0 Å². The molecule has 0 fully saturated rings. The fourth-order valence-corrected chi connectivity index (χ4v) is 3.99. The lowest BCUT2D eigenvalue weighted by molar-refractivity contribution is -0.697. The van der Waals surface area contributed by atoms with Gasteiger partial charge in [-0.25, -0.2) is 4.57 Å². The van der Waals surface area contributed by atoms with Crippen LogP contribution in [0.15, 0.2) is 43.0 Å². The van der Waals surface area contributed by atoms with Crippen LogP contribution in [0.4, 0.5) is 0 Å². The van der Waals surface area contributed by atoms with Gasteiger partial charge in [-0.15, -0.1) is 0 Å².